The molecule has 110 valence electrons. The Kier molecular flexibility index (Phi) is 5.63. The number of nitrogens with zero attached hydrogens (tertiary/aromatic N) is 2. The van der Waals surface area contributed by atoms with Crippen LogP contribution in [0.3, 0.4) is 0 Å². The lowest BCUT2D eigenvalue weighted by atomic mass is 9.93. The summed E-state index contributed by atoms with van der Waals surface area (Å²) in [6, 6.07) is -0.0421. The van der Waals surface area contributed by atoms with Crippen LogP contribution in [0.25, 0.3) is 0 Å². The molecule has 1 fully saturated rings. The molecule has 1 heterocycles. The van der Waals surface area contributed by atoms with E-state index in [-0.39, 0.29) is 24.5 Å². The number of aliphatic carboxylic acids is 1. The number of hydrogen-bond acceptors (Lipinski definition) is 2. The number of carboxylic acid groups (broad SMARTS) is 1. The first-order valence-corrected chi connectivity index (χ1v) is 7.15. The minimum Gasteiger partial charge on any atom is -0.481 e. The number of likely N-dealkylation sites (tertiary alicyclic amines) is 1. The van der Waals surface area contributed by atoms with Crippen molar-refractivity contribution in [3.05, 3.63) is 0 Å². The van der Waals surface area contributed by atoms with Gasteiger partial charge in [-0.15, -0.1) is 0 Å². The molecule has 0 aliphatic carbocycles. The van der Waals surface area contributed by atoms with Crippen LogP contribution in [0.2, 0.25) is 0 Å². The zero-order chi connectivity index (χ0) is 14.6. The Bertz CT molecular complexity index is 333. The van der Waals surface area contributed by atoms with E-state index in [4.69, 9.17) is 5.11 Å². The lowest BCUT2D eigenvalue weighted by Crippen LogP contribution is -2.53. The number of urea groups is 1. The molecule has 3 atom stereocenters. The predicted octanol–water partition coefficient (Wildman–Crippen LogP) is 2.41. The summed E-state index contributed by atoms with van der Waals surface area (Å²) in [4.78, 5) is 26.9. The van der Waals surface area contributed by atoms with Crippen LogP contribution >= 0.6 is 0 Å². The Morgan fingerprint density at radius 3 is 2.53 bits per heavy atom. The summed E-state index contributed by atoms with van der Waals surface area (Å²) in [6.45, 7) is 9.30. The van der Waals surface area contributed by atoms with Gasteiger partial charge in [-0.3, -0.25) is 4.79 Å². The standard InChI is InChI=1S/C14H26N2O3/c1-5-15(12(4)9-13(17)18)14(19)16-7-6-10(2)8-11(16)3/h10-12H,5-9H2,1-4H3,(H,17,18). The molecule has 0 aromatic heterocycles. The molecule has 5 nitrogen and oxygen atoms in total. The monoisotopic (exact) mass is 270 g/mol. The molecule has 1 N–H and O–H groups in total. The molecule has 5 heteroatoms. The van der Waals surface area contributed by atoms with Crippen LogP contribution in [0.5, 0.6) is 0 Å². The number of amides is 2. The zero-order valence-corrected chi connectivity index (χ0v) is 12.4. The van der Waals surface area contributed by atoms with E-state index in [0.717, 1.165) is 19.4 Å². The average Bonchev–Trinajstić information content (AvgIpc) is 2.28. The lowest BCUT2D eigenvalue weighted by molar-refractivity contribution is -0.138. The summed E-state index contributed by atoms with van der Waals surface area (Å²) in [6.07, 6.45) is 2.05. The van der Waals surface area contributed by atoms with Crippen molar-refractivity contribution in [3.63, 3.8) is 0 Å². The normalized spacial score (nSPS) is 24.9. The number of carbonyl (C=O) groups excluding carboxylic acids is 1. The van der Waals surface area contributed by atoms with Crippen LogP contribution in [0.15, 0.2) is 0 Å². The first-order valence-electron chi connectivity index (χ1n) is 7.15. The molecule has 1 aliphatic heterocycles. The highest BCUT2D eigenvalue weighted by atomic mass is 16.4. The van der Waals surface area contributed by atoms with Crippen LogP contribution in [0.1, 0.15) is 47.0 Å². The Hall–Kier alpha value is -1.26. The first kappa shape index (κ1) is 15.8. The van der Waals surface area contributed by atoms with Crippen molar-refractivity contribution < 1.29 is 14.7 Å². The third-order valence-corrected chi connectivity index (χ3v) is 3.97. The maximum Gasteiger partial charge on any atom is 0.320 e. The number of rotatable bonds is 4. The molecule has 19 heavy (non-hydrogen) atoms. The molecule has 0 radical (unpaired) electrons. The molecule has 0 aromatic carbocycles. The van der Waals surface area contributed by atoms with Gasteiger partial charge in [0.1, 0.15) is 0 Å². The highest BCUT2D eigenvalue weighted by molar-refractivity contribution is 5.76. The number of hydrogen-bond donors (Lipinski definition) is 1. The van der Waals surface area contributed by atoms with Gasteiger partial charge in [0.05, 0.1) is 6.42 Å². The van der Waals surface area contributed by atoms with Gasteiger partial charge in [0.2, 0.25) is 0 Å². The number of carboxylic acids is 1. The van der Waals surface area contributed by atoms with Crippen molar-refractivity contribution >= 4 is 12.0 Å². The highest BCUT2D eigenvalue weighted by Gasteiger charge is 2.31. The molecule has 0 spiro atoms. The molecule has 0 saturated carbocycles. The molecule has 0 bridgehead atoms. The predicted molar refractivity (Wildman–Crippen MR) is 74.1 cm³/mol. The zero-order valence-electron chi connectivity index (χ0n) is 12.4. The fraction of sp³-hybridized carbons (Fsp3) is 0.857. The minimum atomic E-state index is -0.862. The van der Waals surface area contributed by atoms with Gasteiger partial charge in [0.15, 0.2) is 0 Å². The number of carbonyl (C=O) groups is 2. The molecule has 0 aromatic rings. The molecule has 2 amide bonds. The Labute approximate surface area is 115 Å². The van der Waals surface area contributed by atoms with E-state index in [2.05, 4.69) is 13.8 Å². The van der Waals surface area contributed by atoms with E-state index >= 15 is 0 Å². The van der Waals surface area contributed by atoms with Crippen molar-refractivity contribution in [2.24, 2.45) is 5.92 Å². The van der Waals surface area contributed by atoms with Gasteiger partial charge in [-0.05, 0) is 39.5 Å². The Morgan fingerprint density at radius 1 is 1.42 bits per heavy atom. The van der Waals surface area contributed by atoms with Gasteiger partial charge in [-0.1, -0.05) is 6.92 Å². The van der Waals surface area contributed by atoms with Gasteiger partial charge in [-0.25, -0.2) is 4.79 Å². The molecule has 1 aliphatic rings. The smallest absolute Gasteiger partial charge is 0.320 e. The van der Waals surface area contributed by atoms with Crippen molar-refractivity contribution in [2.75, 3.05) is 13.1 Å². The summed E-state index contributed by atoms with van der Waals surface area (Å²) < 4.78 is 0. The summed E-state index contributed by atoms with van der Waals surface area (Å²) in [5.41, 5.74) is 0. The van der Waals surface area contributed by atoms with Crippen LogP contribution in [0, 0.1) is 5.92 Å². The molecule has 1 saturated heterocycles. The van der Waals surface area contributed by atoms with E-state index in [9.17, 15) is 9.59 Å². The largest absolute Gasteiger partial charge is 0.481 e. The Morgan fingerprint density at radius 2 is 2.05 bits per heavy atom. The van der Waals surface area contributed by atoms with E-state index in [0.29, 0.717) is 12.5 Å². The lowest BCUT2D eigenvalue weighted by Gasteiger charge is -2.40. The van der Waals surface area contributed by atoms with Gasteiger partial charge in [0, 0.05) is 25.2 Å². The second-order valence-corrected chi connectivity index (χ2v) is 5.69. The van der Waals surface area contributed by atoms with Crippen molar-refractivity contribution in [1.29, 1.82) is 0 Å². The summed E-state index contributed by atoms with van der Waals surface area (Å²) >= 11 is 0. The van der Waals surface area contributed by atoms with E-state index < -0.39 is 5.97 Å². The van der Waals surface area contributed by atoms with E-state index in [1.54, 1.807) is 11.8 Å². The van der Waals surface area contributed by atoms with Gasteiger partial charge in [-0.2, -0.15) is 0 Å². The first-order chi connectivity index (χ1) is 8.86. The van der Waals surface area contributed by atoms with Crippen LogP contribution in [-0.2, 0) is 4.79 Å². The van der Waals surface area contributed by atoms with Crippen LogP contribution in [0.4, 0.5) is 4.79 Å². The average molecular weight is 270 g/mol. The minimum absolute atomic E-state index is 0.00178. The molecular weight excluding hydrogens is 244 g/mol. The van der Waals surface area contributed by atoms with E-state index in [1.165, 1.54) is 0 Å². The highest BCUT2D eigenvalue weighted by Crippen LogP contribution is 2.24. The molecule has 1 rings (SSSR count). The van der Waals surface area contributed by atoms with Gasteiger partial charge < -0.3 is 14.9 Å². The van der Waals surface area contributed by atoms with Crippen LogP contribution in [-0.4, -0.2) is 52.1 Å². The maximum atomic E-state index is 12.5. The quantitative estimate of drug-likeness (QED) is 0.853. The summed E-state index contributed by atoms with van der Waals surface area (Å²) in [5, 5.41) is 8.86. The van der Waals surface area contributed by atoms with E-state index in [1.807, 2.05) is 11.8 Å². The third-order valence-electron chi connectivity index (χ3n) is 3.97. The topological polar surface area (TPSA) is 60.9 Å². The van der Waals surface area contributed by atoms with Crippen molar-refractivity contribution in [3.8, 4) is 0 Å². The van der Waals surface area contributed by atoms with Crippen molar-refractivity contribution in [1.82, 2.24) is 9.80 Å². The fourth-order valence-electron chi connectivity index (χ4n) is 2.85. The third kappa shape index (κ3) is 4.11. The molecular formula is C14H26N2O3. The second-order valence-electron chi connectivity index (χ2n) is 5.69. The van der Waals surface area contributed by atoms with Crippen LogP contribution < -0.4 is 0 Å². The molecule has 3 unspecified atom stereocenters. The van der Waals surface area contributed by atoms with Crippen molar-refractivity contribution in [2.45, 2.75) is 59.0 Å². The fourth-order valence-corrected chi connectivity index (χ4v) is 2.85. The Balaban J connectivity index is 2.70. The number of piperidine rings is 1. The summed E-state index contributed by atoms with van der Waals surface area (Å²) in [5.74, 6) is -0.204. The maximum absolute atomic E-state index is 12.5. The summed E-state index contributed by atoms with van der Waals surface area (Å²) in [7, 11) is 0. The second kappa shape index (κ2) is 6.78. The SMILES string of the molecule is CCN(C(=O)N1CCC(C)CC1C)C(C)CC(=O)O. The van der Waals surface area contributed by atoms with Gasteiger partial charge in [0.25, 0.3) is 0 Å². The van der Waals surface area contributed by atoms with Gasteiger partial charge >= 0.3 is 12.0 Å².